The van der Waals surface area contributed by atoms with Gasteiger partial charge in [0.2, 0.25) is 11.9 Å². The van der Waals surface area contributed by atoms with Crippen LogP contribution in [0.2, 0.25) is 0 Å². The third-order valence-corrected chi connectivity index (χ3v) is 3.38. The van der Waals surface area contributed by atoms with E-state index in [1.807, 2.05) is 36.4 Å². The van der Waals surface area contributed by atoms with Gasteiger partial charge in [-0.15, -0.1) is 0 Å². The molecule has 0 saturated carbocycles. The van der Waals surface area contributed by atoms with Crippen molar-refractivity contribution >= 4 is 34.7 Å². The van der Waals surface area contributed by atoms with Crippen molar-refractivity contribution in [1.29, 1.82) is 5.26 Å². The summed E-state index contributed by atoms with van der Waals surface area (Å²) in [6.45, 7) is 1.44. The monoisotopic (exact) mass is 344 g/mol. The van der Waals surface area contributed by atoms with Gasteiger partial charge >= 0.3 is 0 Å². The van der Waals surface area contributed by atoms with Crippen LogP contribution < -0.4 is 16.0 Å². The van der Waals surface area contributed by atoms with Crippen molar-refractivity contribution in [3.8, 4) is 6.07 Å². The summed E-state index contributed by atoms with van der Waals surface area (Å²) in [6.07, 6.45) is 1.46. The van der Waals surface area contributed by atoms with Crippen LogP contribution in [0, 0.1) is 11.3 Å². The Bertz CT molecular complexity index is 965. The number of benzene rings is 2. The molecule has 3 rings (SSSR count). The average Bonchev–Trinajstić information content (AvgIpc) is 2.63. The van der Waals surface area contributed by atoms with Gasteiger partial charge in [0.05, 0.1) is 6.20 Å². The smallest absolute Gasteiger partial charge is 0.229 e. The van der Waals surface area contributed by atoms with Crippen LogP contribution in [0.5, 0.6) is 0 Å². The molecule has 2 aromatic carbocycles. The largest absolute Gasteiger partial charge is 0.339 e. The number of hydrogen-bond donors (Lipinski definition) is 3. The highest BCUT2D eigenvalue weighted by Crippen LogP contribution is 2.23. The topological polar surface area (TPSA) is 103 Å². The molecular weight excluding hydrogens is 328 g/mol. The first-order valence-corrected chi connectivity index (χ1v) is 7.88. The molecule has 0 atom stereocenters. The van der Waals surface area contributed by atoms with Gasteiger partial charge in [0.15, 0.2) is 5.82 Å². The fraction of sp³-hybridized carbons (Fsp3) is 0.0526. The van der Waals surface area contributed by atoms with Crippen molar-refractivity contribution in [2.45, 2.75) is 6.92 Å². The van der Waals surface area contributed by atoms with E-state index >= 15 is 0 Å². The Kier molecular flexibility index (Phi) is 5.05. The van der Waals surface area contributed by atoms with Gasteiger partial charge in [-0.2, -0.15) is 10.2 Å². The molecule has 0 fully saturated rings. The van der Waals surface area contributed by atoms with Crippen molar-refractivity contribution < 1.29 is 4.79 Å². The highest BCUT2D eigenvalue weighted by Gasteiger charge is 2.08. The lowest BCUT2D eigenvalue weighted by atomic mass is 10.2. The first kappa shape index (κ1) is 16.9. The first-order valence-electron chi connectivity index (χ1n) is 7.88. The van der Waals surface area contributed by atoms with Crippen LogP contribution >= 0.6 is 0 Å². The van der Waals surface area contributed by atoms with E-state index in [-0.39, 0.29) is 5.91 Å². The van der Waals surface area contributed by atoms with E-state index in [0.29, 0.717) is 28.7 Å². The van der Waals surface area contributed by atoms with Gasteiger partial charge in [-0.1, -0.05) is 24.3 Å². The zero-order valence-corrected chi connectivity index (χ0v) is 14.0. The molecule has 128 valence electrons. The Morgan fingerprint density at radius 1 is 1.00 bits per heavy atom. The van der Waals surface area contributed by atoms with Crippen molar-refractivity contribution in [1.82, 2.24) is 9.97 Å². The maximum Gasteiger partial charge on any atom is 0.229 e. The van der Waals surface area contributed by atoms with Gasteiger partial charge in [-0.3, -0.25) is 4.79 Å². The van der Waals surface area contributed by atoms with Crippen molar-refractivity contribution in [3.05, 3.63) is 66.4 Å². The zero-order chi connectivity index (χ0) is 18.4. The van der Waals surface area contributed by atoms with Crippen LogP contribution in [0.25, 0.3) is 0 Å². The molecule has 0 aliphatic carbocycles. The Labute approximate surface area is 150 Å². The molecule has 0 aliphatic heterocycles. The molecule has 3 aromatic rings. The minimum absolute atomic E-state index is 0.156. The van der Waals surface area contributed by atoms with E-state index in [1.54, 1.807) is 18.2 Å². The summed E-state index contributed by atoms with van der Waals surface area (Å²) in [6, 6.07) is 18.7. The number of rotatable bonds is 5. The first-order chi connectivity index (χ1) is 12.6. The predicted octanol–water partition coefficient (Wildman–Crippen LogP) is 3.79. The van der Waals surface area contributed by atoms with Crippen molar-refractivity contribution in [2.24, 2.45) is 0 Å². The fourth-order valence-electron chi connectivity index (χ4n) is 2.28. The second kappa shape index (κ2) is 7.77. The van der Waals surface area contributed by atoms with Gasteiger partial charge in [-0.05, 0) is 30.3 Å². The minimum atomic E-state index is -0.156. The highest BCUT2D eigenvalue weighted by atomic mass is 16.1. The number of anilines is 5. The molecule has 1 heterocycles. The number of nitriles is 1. The molecule has 0 unspecified atom stereocenters. The Morgan fingerprint density at radius 2 is 1.73 bits per heavy atom. The fourth-order valence-corrected chi connectivity index (χ4v) is 2.28. The average molecular weight is 344 g/mol. The van der Waals surface area contributed by atoms with E-state index in [1.165, 1.54) is 13.1 Å². The Morgan fingerprint density at radius 3 is 2.46 bits per heavy atom. The van der Waals surface area contributed by atoms with Gasteiger partial charge in [0.1, 0.15) is 11.6 Å². The van der Waals surface area contributed by atoms with Crippen molar-refractivity contribution in [3.63, 3.8) is 0 Å². The number of nitrogens with one attached hydrogen (secondary N) is 3. The number of nitrogens with zero attached hydrogens (tertiary/aromatic N) is 3. The third-order valence-electron chi connectivity index (χ3n) is 3.38. The number of amides is 1. The number of aromatic nitrogens is 2. The van der Waals surface area contributed by atoms with Gasteiger partial charge in [0, 0.05) is 24.0 Å². The normalized spacial score (nSPS) is 9.85. The number of carbonyl (C=O) groups excluding carboxylic acids is 1. The summed E-state index contributed by atoms with van der Waals surface area (Å²) in [4.78, 5) is 19.7. The lowest BCUT2D eigenvalue weighted by Gasteiger charge is -2.11. The minimum Gasteiger partial charge on any atom is -0.339 e. The van der Waals surface area contributed by atoms with Gasteiger partial charge < -0.3 is 16.0 Å². The van der Waals surface area contributed by atoms with E-state index in [9.17, 15) is 10.1 Å². The summed E-state index contributed by atoms with van der Waals surface area (Å²) in [5.41, 5.74) is 2.50. The van der Waals surface area contributed by atoms with Crippen LogP contribution in [0.4, 0.5) is 28.8 Å². The molecule has 1 aromatic heterocycles. The summed E-state index contributed by atoms with van der Waals surface area (Å²) in [5.74, 6) is 0.591. The van der Waals surface area contributed by atoms with Crippen LogP contribution in [0.3, 0.4) is 0 Å². The molecule has 0 saturated heterocycles. The molecule has 0 bridgehead atoms. The second-order valence-corrected chi connectivity index (χ2v) is 5.45. The summed E-state index contributed by atoms with van der Waals surface area (Å²) in [5, 5.41) is 18.2. The van der Waals surface area contributed by atoms with E-state index in [4.69, 9.17) is 0 Å². The molecule has 0 radical (unpaired) electrons. The molecule has 0 spiro atoms. The van der Waals surface area contributed by atoms with Crippen LogP contribution in [-0.2, 0) is 4.79 Å². The molecule has 7 heteroatoms. The maximum atomic E-state index is 11.2. The molecule has 1 amide bonds. The molecule has 7 nitrogen and oxygen atoms in total. The number of para-hydroxylation sites is 1. The number of hydrogen-bond acceptors (Lipinski definition) is 6. The van der Waals surface area contributed by atoms with Gasteiger partial charge in [0.25, 0.3) is 0 Å². The molecule has 0 aliphatic rings. The lowest BCUT2D eigenvalue weighted by molar-refractivity contribution is -0.114. The maximum absolute atomic E-state index is 11.2. The van der Waals surface area contributed by atoms with Crippen molar-refractivity contribution in [2.75, 3.05) is 16.0 Å². The van der Waals surface area contributed by atoms with Crippen LogP contribution in [0.15, 0.2) is 60.8 Å². The van der Waals surface area contributed by atoms with Crippen LogP contribution in [0.1, 0.15) is 12.5 Å². The quantitative estimate of drug-likeness (QED) is 0.650. The van der Waals surface area contributed by atoms with E-state index in [2.05, 4.69) is 32.0 Å². The van der Waals surface area contributed by atoms with Gasteiger partial charge in [-0.25, -0.2) is 4.98 Å². The SMILES string of the molecule is CC(=O)Nc1cccc(Nc2nc(Nc3ccccc3)ncc2C#N)c1. The Balaban J connectivity index is 1.85. The predicted molar refractivity (Wildman–Crippen MR) is 101 cm³/mol. The lowest BCUT2D eigenvalue weighted by Crippen LogP contribution is -2.06. The summed E-state index contributed by atoms with van der Waals surface area (Å²) in [7, 11) is 0. The highest BCUT2D eigenvalue weighted by molar-refractivity contribution is 5.89. The van der Waals surface area contributed by atoms with Crippen LogP contribution in [-0.4, -0.2) is 15.9 Å². The Hall–Kier alpha value is -3.92. The zero-order valence-electron chi connectivity index (χ0n) is 14.0. The molecule has 26 heavy (non-hydrogen) atoms. The second-order valence-electron chi connectivity index (χ2n) is 5.45. The summed E-state index contributed by atoms with van der Waals surface area (Å²) >= 11 is 0. The molecule has 3 N–H and O–H groups in total. The third kappa shape index (κ3) is 4.33. The van der Waals surface area contributed by atoms with E-state index < -0.39 is 0 Å². The molecular formula is C19H16N6O. The number of carbonyl (C=O) groups is 1. The van der Waals surface area contributed by atoms with E-state index in [0.717, 1.165) is 5.69 Å². The summed E-state index contributed by atoms with van der Waals surface area (Å²) < 4.78 is 0. The standard InChI is InChI=1S/C19H16N6O/c1-13(26)22-16-8-5-9-17(10-16)23-18-14(11-20)12-21-19(25-18)24-15-6-3-2-4-7-15/h2-10,12H,1H3,(H,22,26)(H2,21,23,24,25).